The second kappa shape index (κ2) is 11.9. The highest BCUT2D eigenvalue weighted by Crippen LogP contribution is 2.39. The van der Waals surface area contributed by atoms with E-state index in [2.05, 4.69) is 86.6 Å². The Hall–Kier alpha value is -2.80. The molecule has 4 rings (SSSR count). The Morgan fingerprint density at radius 2 is 0.909 bits per heavy atom. The molecule has 1 heteroatoms. The second-order valence-corrected chi connectivity index (χ2v) is 9.32. The lowest BCUT2D eigenvalue weighted by atomic mass is 10.0. The van der Waals surface area contributed by atoms with Gasteiger partial charge in [-0.1, -0.05) is 125 Å². The molecule has 4 aromatic rings. The zero-order valence-electron chi connectivity index (χ0n) is 20.4. The molecular formula is C32H38O. The Kier molecular flexibility index (Phi) is 8.41. The fourth-order valence-corrected chi connectivity index (χ4v) is 4.68. The predicted molar refractivity (Wildman–Crippen MR) is 143 cm³/mol. The topological polar surface area (TPSA) is 13.1 Å². The van der Waals surface area contributed by atoms with Crippen LogP contribution in [0.5, 0.6) is 0 Å². The molecule has 0 N–H and O–H groups in total. The fraction of sp³-hybridized carbons (Fsp3) is 0.375. The summed E-state index contributed by atoms with van der Waals surface area (Å²) >= 11 is 0. The van der Waals surface area contributed by atoms with E-state index in [-0.39, 0.29) is 0 Å². The first-order chi connectivity index (χ1) is 16.3. The molecule has 0 saturated heterocycles. The van der Waals surface area contributed by atoms with Crippen LogP contribution in [0.2, 0.25) is 0 Å². The van der Waals surface area contributed by atoms with E-state index < -0.39 is 0 Å². The van der Waals surface area contributed by atoms with Crippen LogP contribution < -0.4 is 0 Å². The van der Waals surface area contributed by atoms with Crippen LogP contribution in [0.25, 0.3) is 33.4 Å². The highest BCUT2D eigenvalue weighted by molar-refractivity contribution is 6.02. The number of aryl methyl sites for hydroxylation is 2. The minimum Gasteiger partial charge on any atom is -0.455 e. The molecular weight excluding hydrogens is 400 g/mol. The lowest BCUT2D eigenvalue weighted by Gasteiger charge is -2.04. The zero-order valence-corrected chi connectivity index (χ0v) is 20.4. The van der Waals surface area contributed by atoms with Gasteiger partial charge in [0.05, 0.1) is 0 Å². The molecule has 1 aromatic heterocycles. The molecule has 0 spiro atoms. The lowest BCUT2D eigenvalue weighted by molar-refractivity contribution is 0.602. The SMILES string of the molecule is CCCCCCc1ccc(-c2oc(-c3ccc(CCCCCC)cc3)c3ccccc23)cc1. The van der Waals surface area contributed by atoms with Crippen molar-refractivity contribution in [2.75, 3.05) is 0 Å². The molecule has 0 aliphatic heterocycles. The van der Waals surface area contributed by atoms with Gasteiger partial charge in [-0.3, -0.25) is 0 Å². The van der Waals surface area contributed by atoms with Crippen molar-refractivity contribution in [2.24, 2.45) is 0 Å². The van der Waals surface area contributed by atoms with Gasteiger partial charge in [0.2, 0.25) is 0 Å². The van der Waals surface area contributed by atoms with Crippen molar-refractivity contribution in [3.8, 4) is 22.6 Å². The average molecular weight is 439 g/mol. The fourth-order valence-electron chi connectivity index (χ4n) is 4.68. The second-order valence-electron chi connectivity index (χ2n) is 9.32. The van der Waals surface area contributed by atoms with Crippen molar-refractivity contribution in [3.05, 3.63) is 83.9 Å². The van der Waals surface area contributed by atoms with Gasteiger partial charge >= 0.3 is 0 Å². The molecule has 0 bridgehead atoms. The van der Waals surface area contributed by atoms with Gasteiger partial charge in [0, 0.05) is 21.9 Å². The van der Waals surface area contributed by atoms with E-state index >= 15 is 0 Å². The molecule has 0 saturated carbocycles. The largest absolute Gasteiger partial charge is 0.455 e. The summed E-state index contributed by atoms with van der Waals surface area (Å²) in [5.74, 6) is 1.95. The first-order valence-corrected chi connectivity index (χ1v) is 13.0. The summed E-state index contributed by atoms with van der Waals surface area (Å²) in [6.07, 6.45) is 12.8. The van der Waals surface area contributed by atoms with Crippen LogP contribution in [-0.4, -0.2) is 0 Å². The van der Waals surface area contributed by atoms with E-state index in [0.717, 1.165) is 35.5 Å². The highest BCUT2D eigenvalue weighted by Gasteiger charge is 2.16. The monoisotopic (exact) mass is 438 g/mol. The van der Waals surface area contributed by atoms with Crippen LogP contribution in [0.15, 0.2) is 77.2 Å². The zero-order chi connectivity index (χ0) is 22.9. The summed E-state index contributed by atoms with van der Waals surface area (Å²) in [5.41, 5.74) is 5.14. The van der Waals surface area contributed by atoms with Crippen LogP contribution in [0.4, 0.5) is 0 Å². The summed E-state index contributed by atoms with van der Waals surface area (Å²) in [6.45, 7) is 4.53. The van der Waals surface area contributed by atoms with Gasteiger partial charge in [-0.15, -0.1) is 0 Å². The van der Waals surface area contributed by atoms with Gasteiger partial charge in [0.25, 0.3) is 0 Å². The van der Waals surface area contributed by atoms with Crippen LogP contribution in [0.3, 0.4) is 0 Å². The third kappa shape index (κ3) is 5.96. The summed E-state index contributed by atoms with van der Waals surface area (Å²) in [6, 6.07) is 26.5. The van der Waals surface area contributed by atoms with E-state index in [9.17, 15) is 0 Å². The molecule has 33 heavy (non-hydrogen) atoms. The van der Waals surface area contributed by atoms with Crippen LogP contribution in [-0.2, 0) is 12.8 Å². The third-order valence-corrected chi connectivity index (χ3v) is 6.69. The number of hydrogen-bond acceptors (Lipinski definition) is 1. The summed E-state index contributed by atoms with van der Waals surface area (Å²) in [7, 11) is 0. The van der Waals surface area contributed by atoms with Crippen molar-refractivity contribution < 1.29 is 4.42 Å². The molecule has 0 atom stereocenters. The Bertz CT molecular complexity index is 1030. The van der Waals surface area contributed by atoms with Crippen LogP contribution in [0, 0.1) is 0 Å². The van der Waals surface area contributed by atoms with Crippen molar-refractivity contribution in [3.63, 3.8) is 0 Å². The standard InChI is InChI=1S/C32H38O/c1-3-5-7-9-13-25-17-21-27(22-18-25)31-29-15-11-12-16-30(29)32(33-31)28-23-19-26(20-24-28)14-10-8-6-4-2/h11-12,15-24H,3-10,13-14H2,1-2H3. The number of rotatable bonds is 12. The van der Waals surface area contributed by atoms with E-state index in [0.29, 0.717) is 0 Å². The number of benzene rings is 3. The highest BCUT2D eigenvalue weighted by atomic mass is 16.3. The van der Waals surface area contributed by atoms with Crippen molar-refractivity contribution in [1.29, 1.82) is 0 Å². The van der Waals surface area contributed by atoms with Gasteiger partial charge < -0.3 is 4.42 Å². The Labute approximate surface area is 199 Å². The summed E-state index contributed by atoms with van der Waals surface area (Å²) in [5, 5.41) is 2.37. The smallest absolute Gasteiger partial charge is 0.142 e. The Morgan fingerprint density at radius 1 is 0.485 bits per heavy atom. The molecule has 1 nitrogen and oxygen atoms in total. The summed E-state index contributed by atoms with van der Waals surface area (Å²) < 4.78 is 6.54. The van der Waals surface area contributed by atoms with Gasteiger partial charge in [0.15, 0.2) is 0 Å². The number of furan rings is 1. The quantitative estimate of drug-likeness (QED) is 0.201. The molecule has 0 radical (unpaired) electrons. The van der Waals surface area contributed by atoms with E-state index in [4.69, 9.17) is 4.42 Å². The lowest BCUT2D eigenvalue weighted by Crippen LogP contribution is -1.86. The molecule has 0 unspecified atom stereocenters. The van der Waals surface area contributed by atoms with Crippen molar-refractivity contribution >= 4 is 10.8 Å². The van der Waals surface area contributed by atoms with Crippen LogP contribution in [0.1, 0.15) is 76.3 Å². The van der Waals surface area contributed by atoms with E-state index in [1.807, 2.05) is 0 Å². The van der Waals surface area contributed by atoms with Gasteiger partial charge in [-0.2, -0.15) is 0 Å². The molecule has 1 heterocycles. The van der Waals surface area contributed by atoms with Crippen molar-refractivity contribution in [2.45, 2.75) is 78.1 Å². The molecule has 0 fully saturated rings. The number of unbranched alkanes of at least 4 members (excludes halogenated alkanes) is 6. The van der Waals surface area contributed by atoms with Gasteiger partial charge in [-0.25, -0.2) is 0 Å². The predicted octanol–water partition coefficient (Wildman–Crippen LogP) is 10.0. The molecule has 0 aliphatic carbocycles. The normalized spacial score (nSPS) is 11.3. The minimum absolute atomic E-state index is 0.974. The Morgan fingerprint density at radius 3 is 1.30 bits per heavy atom. The third-order valence-electron chi connectivity index (χ3n) is 6.69. The molecule has 172 valence electrons. The molecule has 3 aromatic carbocycles. The van der Waals surface area contributed by atoms with E-state index in [1.54, 1.807) is 0 Å². The Balaban J connectivity index is 1.54. The molecule has 0 aliphatic rings. The molecule has 0 amide bonds. The number of hydrogen-bond donors (Lipinski definition) is 0. The summed E-state index contributed by atoms with van der Waals surface area (Å²) in [4.78, 5) is 0. The van der Waals surface area contributed by atoms with Crippen LogP contribution >= 0.6 is 0 Å². The van der Waals surface area contributed by atoms with Gasteiger partial charge in [-0.05, 0) is 36.8 Å². The average Bonchev–Trinajstić information content (AvgIpc) is 3.25. The number of fused-ring (bicyclic) bond motifs is 1. The first-order valence-electron chi connectivity index (χ1n) is 13.0. The maximum Gasteiger partial charge on any atom is 0.142 e. The maximum absolute atomic E-state index is 6.54. The van der Waals surface area contributed by atoms with Gasteiger partial charge in [0.1, 0.15) is 11.5 Å². The first kappa shape index (κ1) is 23.4. The van der Waals surface area contributed by atoms with Crippen molar-refractivity contribution in [1.82, 2.24) is 0 Å². The maximum atomic E-state index is 6.54. The minimum atomic E-state index is 0.974. The van der Waals surface area contributed by atoms with E-state index in [1.165, 1.54) is 73.3 Å².